The molecule has 0 radical (unpaired) electrons. The van der Waals surface area contributed by atoms with E-state index in [9.17, 15) is 13.2 Å². The Kier molecular flexibility index (Phi) is 5.71. The molecule has 0 amide bonds. The first-order valence-electron chi connectivity index (χ1n) is 5.18. The highest BCUT2D eigenvalue weighted by molar-refractivity contribution is 6.30. The van der Waals surface area contributed by atoms with Gasteiger partial charge in [-0.25, -0.2) is 0 Å². The topological polar surface area (TPSA) is 44.5 Å². The Morgan fingerprint density at radius 3 is 2.56 bits per heavy atom. The number of rotatable bonds is 6. The molecule has 1 rings (SSSR count). The fraction of sp³-hybridized carbons (Fsp3) is 0.455. The van der Waals surface area contributed by atoms with Crippen LogP contribution in [0.3, 0.4) is 0 Å². The highest BCUT2D eigenvalue weighted by atomic mass is 35.5. The number of halogens is 4. The highest BCUT2D eigenvalue weighted by Crippen LogP contribution is 2.23. The van der Waals surface area contributed by atoms with Gasteiger partial charge in [0.25, 0.3) is 0 Å². The Hall–Kier alpha value is -0.980. The first-order valence-corrected chi connectivity index (χ1v) is 5.56. The third-order valence-electron chi connectivity index (χ3n) is 2.00. The second kappa shape index (κ2) is 6.82. The van der Waals surface area contributed by atoms with Crippen molar-refractivity contribution in [2.24, 2.45) is 5.73 Å². The van der Waals surface area contributed by atoms with Crippen molar-refractivity contribution in [1.29, 1.82) is 0 Å². The number of alkyl halides is 3. The van der Waals surface area contributed by atoms with Gasteiger partial charge < -0.3 is 15.2 Å². The molecule has 0 heterocycles. The van der Waals surface area contributed by atoms with Crippen LogP contribution in [0.1, 0.15) is 5.56 Å². The number of hydrogen-bond acceptors (Lipinski definition) is 3. The zero-order valence-electron chi connectivity index (χ0n) is 9.47. The minimum absolute atomic E-state index is 0.00340. The molecule has 0 saturated heterocycles. The monoisotopic (exact) mass is 283 g/mol. The van der Waals surface area contributed by atoms with Crippen LogP contribution < -0.4 is 10.5 Å². The van der Waals surface area contributed by atoms with Gasteiger partial charge in [-0.2, -0.15) is 13.2 Å². The smallest absolute Gasteiger partial charge is 0.411 e. The van der Waals surface area contributed by atoms with Crippen LogP contribution in [0.25, 0.3) is 0 Å². The lowest BCUT2D eigenvalue weighted by Gasteiger charge is -2.11. The van der Waals surface area contributed by atoms with Gasteiger partial charge >= 0.3 is 6.18 Å². The maximum Gasteiger partial charge on any atom is 0.411 e. The molecule has 0 atom stereocenters. The molecule has 3 nitrogen and oxygen atoms in total. The van der Waals surface area contributed by atoms with Gasteiger partial charge in [-0.05, 0) is 12.1 Å². The van der Waals surface area contributed by atoms with Gasteiger partial charge in [-0.3, -0.25) is 0 Å². The fourth-order valence-corrected chi connectivity index (χ4v) is 1.39. The largest absolute Gasteiger partial charge is 0.491 e. The lowest BCUT2D eigenvalue weighted by atomic mass is 10.2. The standard InChI is InChI=1S/C11H13ClF3NO2/c12-9-2-1-8(6-16)10(5-9)18-4-3-17-7-11(13,14)15/h1-2,5H,3-4,6-7,16H2. The molecule has 0 saturated carbocycles. The van der Waals surface area contributed by atoms with Crippen LogP contribution in [0.4, 0.5) is 13.2 Å². The summed E-state index contributed by atoms with van der Waals surface area (Å²) in [7, 11) is 0. The minimum atomic E-state index is -4.32. The van der Waals surface area contributed by atoms with Crippen molar-refractivity contribution in [3.63, 3.8) is 0 Å². The zero-order chi connectivity index (χ0) is 13.6. The average molecular weight is 284 g/mol. The van der Waals surface area contributed by atoms with Crippen molar-refractivity contribution >= 4 is 11.6 Å². The van der Waals surface area contributed by atoms with Crippen LogP contribution in [0.15, 0.2) is 18.2 Å². The predicted molar refractivity (Wildman–Crippen MR) is 61.7 cm³/mol. The number of benzene rings is 1. The molecule has 0 fully saturated rings. The van der Waals surface area contributed by atoms with E-state index in [-0.39, 0.29) is 19.8 Å². The van der Waals surface area contributed by atoms with E-state index in [0.717, 1.165) is 5.56 Å². The summed E-state index contributed by atoms with van der Waals surface area (Å²) in [4.78, 5) is 0. The van der Waals surface area contributed by atoms with E-state index in [4.69, 9.17) is 22.1 Å². The minimum Gasteiger partial charge on any atom is -0.491 e. The predicted octanol–water partition coefficient (Wildman–Crippen LogP) is 2.76. The van der Waals surface area contributed by atoms with Crippen molar-refractivity contribution in [2.75, 3.05) is 19.8 Å². The molecule has 0 unspecified atom stereocenters. The molecule has 7 heteroatoms. The van der Waals surface area contributed by atoms with Crippen molar-refractivity contribution in [1.82, 2.24) is 0 Å². The molecule has 0 aliphatic carbocycles. The summed E-state index contributed by atoms with van der Waals surface area (Å²) in [6.07, 6.45) is -4.32. The van der Waals surface area contributed by atoms with Gasteiger partial charge in [0.1, 0.15) is 19.0 Å². The van der Waals surface area contributed by atoms with Crippen molar-refractivity contribution in [3.05, 3.63) is 28.8 Å². The molecular formula is C11H13ClF3NO2. The Morgan fingerprint density at radius 2 is 1.94 bits per heavy atom. The van der Waals surface area contributed by atoms with E-state index in [0.29, 0.717) is 10.8 Å². The van der Waals surface area contributed by atoms with Crippen molar-refractivity contribution in [3.8, 4) is 5.75 Å². The molecule has 0 spiro atoms. The first-order chi connectivity index (χ1) is 8.42. The summed E-state index contributed by atoms with van der Waals surface area (Å²) in [5, 5.41) is 0.471. The van der Waals surface area contributed by atoms with Gasteiger partial charge in [-0.1, -0.05) is 17.7 Å². The Morgan fingerprint density at radius 1 is 1.22 bits per heavy atom. The molecular weight excluding hydrogens is 271 g/mol. The zero-order valence-corrected chi connectivity index (χ0v) is 10.2. The summed E-state index contributed by atoms with van der Waals surface area (Å²) in [6.45, 7) is -1.18. The third-order valence-corrected chi connectivity index (χ3v) is 2.24. The Bertz CT molecular complexity index is 385. The molecule has 0 aliphatic heterocycles. The van der Waals surface area contributed by atoms with E-state index in [1.165, 1.54) is 0 Å². The van der Waals surface area contributed by atoms with Crippen LogP contribution in [0.5, 0.6) is 5.75 Å². The summed E-state index contributed by atoms with van der Waals surface area (Å²) < 4.78 is 45.0. The summed E-state index contributed by atoms with van der Waals surface area (Å²) >= 11 is 5.77. The highest BCUT2D eigenvalue weighted by Gasteiger charge is 2.27. The second-order valence-corrected chi connectivity index (χ2v) is 3.91. The van der Waals surface area contributed by atoms with E-state index in [2.05, 4.69) is 4.74 Å². The number of hydrogen-bond donors (Lipinski definition) is 1. The molecule has 0 aliphatic rings. The van der Waals surface area contributed by atoms with Gasteiger partial charge in [0, 0.05) is 17.1 Å². The summed E-state index contributed by atoms with van der Waals surface area (Å²) in [5.41, 5.74) is 6.22. The van der Waals surface area contributed by atoms with Crippen LogP contribution in [-0.2, 0) is 11.3 Å². The molecule has 1 aromatic rings. The van der Waals surface area contributed by atoms with Crippen LogP contribution in [0.2, 0.25) is 5.02 Å². The molecule has 102 valence electrons. The van der Waals surface area contributed by atoms with Crippen LogP contribution in [0, 0.1) is 0 Å². The Balaban J connectivity index is 2.37. The van der Waals surface area contributed by atoms with Crippen LogP contribution in [-0.4, -0.2) is 26.0 Å². The molecule has 0 aromatic heterocycles. The maximum atomic E-state index is 11.8. The number of nitrogens with two attached hydrogens (primary N) is 1. The Labute approximate surface area is 108 Å². The van der Waals surface area contributed by atoms with Gasteiger partial charge in [0.05, 0.1) is 6.61 Å². The molecule has 0 bridgehead atoms. The summed E-state index contributed by atoms with van der Waals surface area (Å²) in [6, 6.07) is 4.93. The second-order valence-electron chi connectivity index (χ2n) is 3.47. The quantitative estimate of drug-likeness (QED) is 0.817. The number of ether oxygens (including phenoxy) is 2. The molecule has 1 aromatic carbocycles. The van der Waals surface area contributed by atoms with E-state index >= 15 is 0 Å². The van der Waals surface area contributed by atoms with Crippen LogP contribution >= 0.6 is 11.6 Å². The van der Waals surface area contributed by atoms with Crippen molar-refractivity contribution in [2.45, 2.75) is 12.7 Å². The SMILES string of the molecule is NCc1ccc(Cl)cc1OCCOCC(F)(F)F. The third kappa shape index (κ3) is 5.57. The van der Waals surface area contributed by atoms with E-state index < -0.39 is 12.8 Å². The lowest BCUT2D eigenvalue weighted by molar-refractivity contribution is -0.175. The van der Waals surface area contributed by atoms with Crippen molar-refractivity contribution < 1.29 is 22.6 Å². The maximum absolute atomic E-state index is 11.8. The van der Waals surface area contributed by atoms with Gasteiger partial charge in [-0.15, -0.1) is 0 Å². The average Bonchev–Trinajstić information content (AvgIpc) is 2.27. The van der Waals surface area contributed by atoms with E-state index in [1.807, 2.05) is 0 Å². The first kappa shape index (κ1) is 15.1. The van der Waals surface area contributed by atoms with Gasteiger partial charge in [0.15, 0.2) is 0 Å². The normalized spacial score (nSPS) is 11.6. The summed E-state index contributed by atoms with van der Waals surface area (Å²) in [5.74, 6) is 0.459. The fourth-order valence-electron chi connectivity index (χ4n) is 1.23. The molecule has 2 N–H and O–H groups in total. The molecule has 18 heavy (non-hydrogen) atoms. The van der Waals surface area contributed by atoms with E-state index in [1.54, 1.807) is 18.2 Å². The van der Waals surface area contributed by atoms with Gasteiger partial charge in [0.2, 0.25) is 0 Å². The lowest BCUT2D eigenvalue weighted by Crippen LogP contribution is -2.19.